The minimum atomic E-state index is -0.442. The molecular weight excluding hydrogens is 306 g/mol. The Balaban J connectivity index is 0.000000413. The first-order valence-electron chi connectivity index (χ1n) is 8.35. The third kappa shape index (κ3) is 7.53. The van der Waals surface area contributed by atoms with Gasteiger partial charge >= 0.3 is 0 Å². The van der Waals surface area contributed by atoms with Gasteiger partial charge in [-0.15, -0.1) is 0 Å². The highest BCUT2D eigenvalue weighted by Crippen LogP contribution is 2.20. The van der Waals surface area contributed by atoms with Crippen LogP contribution in [0, 0.1) is 0 Å². The van der Waals surface area contributed by atoms with Crippen molar-refractivity contribution in [2.75, 3.05) is 20.8 Å². The molecule has 1 unspecified atom stereocenters. The molecule has 1 heterocycles. The molecule has 5 nitrogen and oxygen atoms in total. The average Bonchev–Trinajstić information content (AvgIpc) is 3.05. The molecule has 2 rings (SSSR count). The molecule has 1 fully saturated rings. The number of carbonyl (C=O) groups is 1. The van der Waals surface area contributed by atoms with Crippen molar-refractivity contribution < 1.29 is 19.0 Å². The smallest absolute Gasteiger partial charge is 0.219 e. The maximum absolute atomic E-state index is 11.0. The second-order valence-corrected chi connectivity index (χ2v) is 6.74. The molecule has 0 radical (unpaired) electrons. The zero-order valence-corrected chi connectivity index (χ0v) is 15.5. The van der Waals surface area contributed by atoms with Crippen LogP contribution in [-0.2, 0) is 25.6 Å². The first kappa shape index (κ1) is 20.8. The predicted octanol–water partition coefficient (Wildman–Crippen LogP) is 3.23. The van der Waals surface area contributed by atoms with Crippen LogP contribution >= 0.6 is 0 Å². The Morgan fingerprint density at radius 3 is 2.38 bits per heavy atom. The van der Waals surface area contributed by atoms with Crippen molar-refractivity contribution in [3.8, 4) is 0 Å². The maximum Gasteiger partial charge on any atom is 0.219 e. The van der Waals surface area contributed by atoms with E-state index >= 15 is 0 Å². The number of benzene rings is 1. The summed E-state index contributed by atoms with van der Waals surface area (Å²) in [4.78, 5) is 12.9. The Labute approximate surface area is 145 Å². The van der Waals surface area contributed by atoms with Crippen LogP contribution in [0.15, 0.2) is 30.3 Å². The lowest BCUT2D eigenvalue weighted by molar-refractivity contribution is -0.219. The van der Waals surface area contributed by atoms with Gasteiger partial charge in [-0.1, -0.05) is 30.3 Å². The van der Waals surface area contributed by atoms with E-state index in [9.17, 15) is 4.79 Å². The molecule has 136 valence electrons. The number of ether oxygens (including phenoxy) is 3. The SMILES string of the molecule is COC(C)(C)C.COC(OCc1ccccc1)N1CCC[C@H]1C=O. The molecule has 1 aliphatic rings. The molecule has 0 saturated carbocycles. The van der Waals surface area contributed by atoms with Gasteiger partial charge in [-0.3, -0.25) is 0 Å². The number of rotatable bonds is 6. The van der Waals surface area contributed by atoms with E-state index in [1.807, 2.05) is 56.0 Å². The molecule has 1 aliphatic heterocycles. The van der Waals surface area contributed by atoms with Gasteiger partial charge in [0.1, 0.15) is 6.29 Å². The summed E-state index contributed by atoms with van der Waals surface area (Å²) in [5.74, 6) is 0. The number of nitrogens with zero attached hydrogens (tertiary/aromatic N) is 1. The summed E-state index contributed by atoms with van der Waals surface area (Å²) in [5, 5.41) is 0. The van der Waals surface area contributed by atoms with E-state index in [1.54, 1.807) is 14.2 Å². The van der Waals surface area contributed by atoms with Crippen LogP contribution in [0.1, 0.15) is 39.2 Å². The summed E-state index contributed by atoms with van der Waals surface area (Å²) in [6.07, 6.45) is 2.43. The minimum absolute atomic E-state index is 0.0417. The summed E-state index contributed by atoms with van der Waals surface area (Å²) < 4.78 is 16.0. The van der Waals surface area contributed by atoms with Crippen molar-refractivity contribution in [1.82, 2.24) is 4.90 Å². The zero-order chi connectivity index (χ0) is 18.0. The Bertz CT molecular complexity index is 458. The number of methoxy groups -OCH3 is 2. The molecule has 24 heavy (non-hydrogen) atoms. The van der Waals surface area contributed by atoms with Crippen molar-refractivity contribution in [2.45, 2.75) is 58.3 Å². The summed E-state index contributed by atoms with van der Waals surface area (Å²) in [7, 11) is 3.32. The van der Waals surface area contributed by atoms with E-state index in [4.69, 9.17) is 14.2 Å². The van der Waals surface area contributed by atoms with Gasteiger partial charge in [-0.25, -0.2) is 4.90 Å². The van der Waals surface area contributed by atoms with E-state index in [-0.39, 0.29) is 11.6 Å². The summed E-state index contributed by atoms with van der Waals surface area (Å²) in [6.45, 7) is 7.39. The van der Waals surface area contributed by atoms with E-state index in [0.29, 0.717) is 6.61 Å². The molecule has 1 aromatic rings. The maximum atomic E-state index is 11.0. The topological polar surface area (TPSA) is 48.0 Å². The first-order chi connectivity index (χ1) is 11.4. The molecule has 0 N–H and O–H groups in total. The minimum Gasteiger partial charge on any atom is -0.379 e. The zero-order valence-electron chi connectivity index (χ0n) is 15.5. The van der Waals surface area contributed by atoms with Crippen LogP contribution in [0.3, 0.4) is 0 Å². The van der Waals surface area contributed by atoms with Gasteiger partial charge in [-0.05, 0) is 39.2 Å². The van der Waals surface area contributed by atoms with Crippen molar-refractivity contribution in [1.29, 1.82) is 0 Å². The highest BCUT2D eigenvalue weighted by Gasteiger charge is 2.31. The summed E-state index contributed by atoms with van der Waals surface area (Å²) >= 11 is 0. The lowest BCUT2D eigenvalue weighted by Gasteiger charge is -2.28. The average molecular weight is 337 g/mol. The van der Waals surface area contributed by atoms with E-state index in [0.717, 1.165) is 31.2 Å². The van der Waals surface area contributed by atoms with Gasteiger partial charge in [0.2, 0.25) is 6.41 Å². The first-order valence-corrected chi connectivity index (χ1v) is 8.35. The van der Waals surface area contributed by atoms with Crippen LogP contribution in [0.25, 0.3) is 0 Å². The van der Waals surface area contributed by atoms with Crippen molar-refractivity contribution in [3.63, 3.8) is 0 Å². The number of likely N-dealkylation sites (tertiary alicyclic amines) is 1. The molecule has 0 amide bonds. The summed E-state index contributed by atoms with van der Waals surface area (Å²) in [6, 6.07) is 9.86. The molecule has 5 heteroatoms. The predicted molar refractivity (Wildman–Crippen MR) is 94.6 cm³/mol. The number of carbonyl (C=O) groups excluding carboxylic acids is 1. The molecule has 0 spiro atoms. The van der Waals surface area contributed by atoms with Gasteiger partial charge in [0.05, 0.1) is 18.2 Å². The van der Waals surface area contributed by atoms with E-state index < -0.39 is 6.41 Å². The van der Waals surface area contributed by atoms with Gasteiger partial charge in [-0.2, -0.15) is 0 Å². The van der Waals surface area contributed by atoms with Gasteiger partial charge in [0, 0.05) is 20.8 Å². The molecule has 0 aliphatic carbocycles. The van der Waals surface area contributed by atoms with Crippen molar-refractivity contribution in [3.05, 3.63) is 35.9 Å². The Hall–Kier alpha value is -1.27. The fourth-order valence-electron chi connectivity index (χ4n) is 2.26. The van der Waals surface area contributed by atoms with Crippen LogP contribution in [-0.4, -0.2) is 50.0 Å². The van der Waals surface area contributed by atoms with Gasteiger partial charge in [0.25, 0.3) is 0 Å². The summed E-state index contributed by atoms with van der Waals surface area (Å²) in [5.41, 5.74) is 1.14. The fraction of sp³-hybridized carbons (Fsp3) is 0.632. The second kappa shape index (κ2) is 10.6. The van der Waals surface area contributed by atoms with Gasteiger partial charge in [0.15, 0.2) is 0 Å². The quantitative estimate of drug-likeness (QED) is 0.589. The number of hydrogen-bond donors (Lipinski definition) is 0. The second-order valence-electron chi connectivity index (χ2n) is 6.74. The monoisotopic (exact) mass is 337 g/mol. The van der Waals surface area contributed by atoms with E-state index in [1.165, 1.54) is 0 Å². The Kier molecular flexibility index (Phi) is 9.14. The fourth-order valence-corrected chi connectivity index (χ4v) is 2.26. The Morgan fingerprint density at radius 2 is 1.88 bits per heavy atom. The van der Waals surface area contributed by atoms with Crippen molar-refractivity contribution >= 4 is 6.29 Å². The standard InChI is InChI=1S/C14H19NO3.C5H12O/c1-17-14(15-9-5-8-13(15)10-16)18-11-12-6-3-2-4-7-12;1-5(2,3)6-4/h2-4,6-7,10,13-14H,5,8-9,11H2,1H3;1-4H3/t13-,14?;/m0./s1. The third-order valence-corrected chi connectivity index (χ3v) is 3.82. The van der Waals surface area contributed by atoms with Crippen LogP contribution < -0.4 is 0 Å². The number of hydrogen-bond acceptors (Lipinski definition) is 5. The lowest BCUT2D eigenvalue weighted by atomic mass is 10.2. The van der Waals surface area contributed by atoms with Crippen LogP contribution in [0.2, 0.25) is 0 Å². The van der Waals surface area contributed by atoms with Crippen LogP contribution in [0.4, 0.5) is 0 Å². The van der Waals surface area contributed by atoms with Gasteiger partial charge < -0.3 is 19.0 Å². The van der Waals surface area contributed by atoms with Crippen LogP contribution in [0.5, 0.6) is 0 Å². The molecule has 0 bridgehead atoms. The molecule has 1 aromatic carbocycles. The van der Waals surface area contributed by atoms with E-state index in [2.05, 4.69) is 0 Å². The normalized spacial score (nSPS) is 19.5. The molecule has 2 atom stereocenters. The Morgan fingerprint density at radius 1 is 1.25 bits per heavy atom. The third-order valence-electron chi connectivity index (χ3n) is 3.82. The highest BCUT2D eigenvalue weighted by molar-refractivity contribution is 5.58. The molecule has 0 aromatic heterocycles. The largest absolute Gasteiger partial charge is 0.379 e. The van der Waals surface area contributed by atoms with Crippen molar-refractivity contribution in [2.24, 2.45) is 0 Å². The lowest BCUT2D eigenvalue weighted by Crippen LogP contribution is -2.42. The molecular formula is C19H31NO4. The number of aldehydes is 1. The molecule has 1 saturated heterocycles. The highest BCUT2D eigenvalue weighted by atomic mass is 16.7.